The van der Waals surface area contributed by atoms with Gasteiger partial charge in [-0.3, -0.25) is 20.0 Å². The molecule has 4 rings (SSSR count). The molecule has 2 aromatic rings. The van der Waals surface area contributed by atoms with Gasteiger partial charge in [0, 0.05) is 41.6 Å². The Morgan fingerprint density at radius 3 is 2.68 bits per heavy atom. The summed E-state index contributed by atoms with van der Waals surface area (Å²) in [7, 11) is 0. The van der Waals surface area contributed by atoms with E-state index >= 15 is 0 Å². The Morgan fingerprint density at radius 2 is 2.00 bits per heavy atom. The van der Waals surface area contributed by atoms with Crippen molar-refractivity contribution in [2.75, 3.05) is 13.1 Å². The van der Waals surface area contributed by atoms with E-state index in [4.69, 9.17) is 22.2 Å². The van der Waals surface area contributed by atoms with Gasteiger partial charge < -0.3 is 15.0 Å². The van der Waals surface area contributed by atoms with Crippen molar-refractivity contribution in [2.45, 2.75) is 12.6 Å². The fourth-order valence-electron chi connectivity index (χ4n) is 3.95. The van der Waals surface area contributed by atoms with E-state index in [1.54, 1.807) is 41.4 Å². The Labute approximate surface area is 165 Å². The molecule has 0 aliphatic carbocycles. The topological polar surface area (TPSA) is 110 Å². The van der Waals surface area contributed by atoms with Gasteiger partial charge >= 0.3 is 0 Å². The van der Waals surface area contributed by atoms with Crippen molar-refractivity contribution in [2.24, 2.45) is 5.16 Å². The summed E-state index contributed by atoms with van der Waals surface area (Å²) in [5.41, 5.74) is -0.0899. The number of pyridine rings is 1. The van der Waals surface area contributed by atoms with Crippen LogP contribution in [-0.2, 0) is 10.5 Å². The molecule has 1 atom stereocenters. The van der Waals surface area contributed by atoms with Gasteiger partial charge in [0.15, 0.2) is 5.66 Å². The first kappa shape index (κ1) is 18.1. The van der Waals surface area contributed by atoms with E-state index in [2.05, 4.69) is 10.1 Å². The molecule has 2 amide bonds. The molecular weight excluding hydrogens is 382 g/mol. The number of fused-ring (bicyclic) bond motifs is 3. The maximum Gasteiger partial charge on any atom is 0.276 e. The Morgan fingerprint density at radius 1 is 1.29 bits per heavy atom. The molecule has 142 valence electrons. The fourth-order valence-corrected chi connectivity index (χ4v) is 4.08. The van der Waals surface area contributed by atoms with Crippen LogP contribution in [0.5, 0.6) is 0 Å². The monoisotopic (exact) mass is 397 g/mol. The highest BCUT2D eigenvalue weighted by Crippen LogP contribution is 2.49. The number of hydrogen-bond donors (Lipinski definition) is 2. The number of benzene rings is 1. The molecule has 1 fully saturated rings. The Hall–Kier alpha value is -3.26. The summed E-state index contributed by atoms with van der Waals surface area (Å²) in [6.45, 7) is 1.89. The minimum absolute atomic E-state index is 0.106. The standard InChI is InChI=1S/C19H16ClN5O3/c1-11(23-28)16(21)18(27)25-9-8-24-17(26)14-6-7-22-10-15(14)19(24,25)12-2-4-13(20)5-3-12/h2-7,10,21,28H,8-9H2,1H3/b21-16?,23-11-. The van der Waals surface area contributed by atoms with Gasteiger partial charge in [-0.2, -0.15) is 0 Å². The van der Waals surface area contributed by atoms with Crippen LogP contribution in [0.3, 0.4) is 0 Å². The molecule has 1 saturated heterocycles. The van der Waals surface area contributed by atoms with Gasteiger partial charge in [-0.25, -0.2) is 0 Å². The number of oxime groups is 1. The highest BCUT2D eigenvalue weighted by Gasteiger charge is 2.60. The SMILES string of the molecule is C/C(=N/O)C(=N)C(=O)N1CCN2C(=O)c3ccncc3C12c1ccc(Cl)cc1. The average molecular weight is 398 g/mol. The number of nitrogens with zero attached hydrogens (tertiary/aromatic N) is 4. The van der Waals surface area contributed by atoms with Gasteiger partial charge in [0.1, 0.15) is 11.4 Å². The molecule has 28 heavy (non-hydrogen) atoms. The Balaban J connectivity index is 1.96. The highest BCUT2D eigenvalue weighted by molar-refractivity contribution is 6.65. The molecule has 2 aliphatic rings. The predicted molar refractivity (Wildman–Crippen MR) is 102 cm³/mol. The second-order valence-electron chi connectivity index (χ2n) is 6.57. The van der Waals surface area contributed by atoms with Crippen molar-refractivity contribution < 1.29 is 14.8 Å². The van der Waals surface area contributed by atoms with Crippen LogP contribution in [-0.4, -0.2) is 56.3 Å². The summed E-state index contributed by atoms with van der Waals surface area (Å²) < 4.78 is 0. The van der Waals surface area contributed by atoms with Crippen LogP contribution in [0.15, 0.2) is 47.9 Å². The molecule has 0 saturated carbocycles. The summed E-state index contributed by atoms with van der Waals surface area (Å²) >= 11 is 6.05. The second kappa shape index (κ2) is 6.42. The summed E-state index contributed by atoms with van der Waals surface area (Å²) in [5.74, 6) is -0.848. The molecule has 0 bridgehead atoms. The average Bonchev–Trinajstić information content (AvgIpc) is 3.23. The lowest BCUT2D eigenvalue weighted by atomic mass is 9.90. The zero-order chi connectivity index (χ0) is 20.1. The molecule has 2 N–H and O–H groups in total. The van der Waals surface area contributed by atoms with E-state index in [0.717, 1.165) is 0 Å². The first-order valence-corrected chi connectivity index (χ1v) is 8.92. The third-order valence-corrected chi connectivity index (χ3v) is 5.47. The lowest BCUT2D eigenvalue weighted by Crippen LogP contribution is -2.54. The summed E-state index contributed by atoms with van der Waals surface area (Å²) in [6, 6.07) is 8.52. The number of halogens is 1. The Kier molecular flexibility index (Phi) is 4.15. The van der Waals surface area contributed by atoms with E-state index in [-0.39, 0.29) is 18.2 Å². The molecule has 8 nitrogen and oxygen atoms in total. The lowest BCUT2D eigenvalue weighted by molar-refractivity contribution is -0.129. The molecule has 1 aromatic carbocycles. The summed E-state index contributed by atoms with van der Waals surface area (Å²) in [5, 5.41) is 20.6. The van der Waals surface area contributed by atoms with Gasteiger partial charge in [-0.15, -0.1) is 0 Å². The van der Waals surface area contributed by atoms with Crippen molar-refractivity contribution >= 4 is 34.8 Å². The predicted octanol–water partition coefficient (Wildman–Crippen LogP) is 2.10. The molecule has 2 aliphatic heterocycles. The third kappa shape index (κ3) is 2.27. The molecular formula is C19H16ClN5O3. The van der Waals surface area contributed by atoms with Crippen molar-refractivity contribution in [1.82, 2.24) is 14.8 Å². The maximum absolute atomic E-state index is 13.2. The van der Waals surface area contributed by atoms with E-state index in [1.165, 1.54) is 18.0 Å². The second-order valence-corrected chi connectivity index (χ2v) is 7.01. The van der Waals surface area contributed by atoms with Crippen molar-refractivity contribution in [3.05, 3.63) is 64.4 Å². The Bertz CT molecular complexity index is 1040. The normalized spacial score (nSPS) is 20.9. The molecule has 1 aromatic heterocycles. The largest absolute Gasteiger partial charge is 0.411 e. The van der Waals surface area contributed by atoms with Gasteiger partial charge in [0.05, 0.1) is 5.56 Å². The minimum atomic E-state index is -1.23. The number of nitrogens with one attached hydrogen (secondary N) is 1. The maximum atomic E-state index is 13.2. The molecule has 3 heterocycles. The fraction of sp³-hybridized carbons (Fsp3) is 0.211. The van der Waals surface area contributed by atoms with Crippen LogP contribution in [0.1, 0.15) is 28.4 Å². The van der Waals surface area contributed by atoms with Gasteiger partial charge in [0.2, 0.25) is 0 Å². The number of carbonyl (C=O) groups is 2. The minimum Gasteiger partial charge on any atom is -0.411 e. The van der Waals surface area contributed by atoms with Crippen molar-refractivity contribution in [3.63, 3.8) is 0 Å². The summed E-state index contributed by atoms with van der Waals surface area (Å²) in [6.07, 6.45) is 3.11. The lowest BCUT2D eigenvalue weighted by Gasteiger charge is -2.40. The van der Waals surface area contributed by atoms with Crippen LogP contribution >= 0.6 is 11.6 Å². The van der Waals surface area contributed by atoms with Crippen LogP contribution < -0.4 is 0 Å². The van der Waals surface area contributed by atoms with E-state index in [0.29, 0.717) is 28.3 Å². The third-order valence-electron chi connectivity index (χ3n) is 5.22. The number of carbonyl (C=O) groups excluding carboxylic acids is 2. The first-order chi connectivity index (χ1) is 13.4. The van der Waals surface area contributed by atoms with Crippen LogP contribution in [0.4, 0.5) is 0 Å². The van der Waals surface area contributed by atoms with Gasteiger partial charge in [-0.1, -0.05) is 28.9 Å². The van der Waals surface area contributed by atoms with E-state index in [9.17, 15) is 9.59 Å². The smallest absolute Gasteiger partial charge is 0.276 e. The zero-order valence-electron chi connectivity index (χ0n) is 14.9. The van der Waals surface area contributed by atoms with Crippen LogP contribution in [0, 0.1) is 5.41 Å². The zero-order valence-corrected chi connectivity index (χ0v) is 15.6. The summed E-state index contributed by atoms with van der Waals surface area (Å²) in [4.78, 5) is 33.5. The van der Waals surface area contributed by atoms with Gasteiger partial charge in [-0.05, 0) is 25.1 Å². The van der Waals surface area contributed by atoms with E-state index < -0.39 is 17.3 Å². The molecule has 0 radical (unpaired) electrons. The van der Waals surface area contributed by atoms with E-state index in [1.807, 2.05) is 0 Å². The van der Waals surface area contributed by atoms with Gasteiger partial charge in [0.25, 0.3) is 11.8 Å². The number of aromatic nitrogens is 1. The van der Waals surface area contributed by atoms with Crippen molar-refractivity contribution in [3.8, 4) is 0 Å². The van der Waals surface area contributed by atoms with Crippen molar-refractivity contribution in [1.29, 1.82) is 5.41 Å². The number of amides is 2. The molecule has 0 spiro atoms. The number of hydrogen-bond acceptors (Lipinski definition) is 6. The first-order valence-electron chi connectivity index (χ1n) is 8.55. The highest BCUT2D eigenvalue weighted by atomic mass is 35.5. The quantitative estimate of drug-likeness (QED) is 0.469. The number of rotatable bonds is 3. The molecule has 1 unspecified atom stereocenters. The molecule has 9 heteroatoms. The van der Waals surface area contributed by atoms with Crippen LogP contribution in [0.25, 0.3) is 0 Å². The van der Waals surface area contributed by atoms with Crippen LogP contribution in [0.2, 0.25) is 5.02 Å².